The Morgan fingerprint density at radius 2 is 1.88 bits per heavy atom. The molecule has 0 saturated carbocycles. The SMILES string of the molecule is Cc1ccc2c(c1)N(CCC1CCCC[N-]1)c1ccccc1C2.[Y]. The zero-order valence-corrected chi connectivity index (χ0v) is 17.4. The zero-order valence-electron chi connectivity index (χ0n) is 14.5. The normalized spacial score (nSPS) is 19.2. The van der Waals surface area contributed by atoms with E-state index in [1.165, 1.54) is 53.7 Å². The molecule has 0 bridgehead atoms. The monoisotopic (exact) mass is 394 g/mol. The fraction of sp³-hybridized carbons (Fsp3) is 0.429. The predicted molar refractivity (Wildman–Crippen MR) is 97.9 cm³/mol. The van der Waals surface area contributed by atoms with E-state index in [1.54, 1.807) is 0 Å². The van der Waals surface area contributed by atoms with Crippen LogP contribution in [0.1, 0.15) is 42.4 Å². The molecule has 2 aromatic rings. The summed E-state index contributed by atoms with van der Waals surface area (Å²) in [5.74, 6) is 0. The Balaban J connectivity index is 0.00000169. The summed E-state index contributed by atoms with van der Waals surface area (Å²) in [6.45, 7) is 4.33. The number of aryl methyl sites for hydroxylation is 1. The standard InChI is InChI=1S/C21H25N2.Y/c1-16-9-10-18-15-17-6-2-3-8-20(17)23(21(18)14-16)13-11-19-7-4-5-12-22-19;/h2-3,6,8-10,14,19H,4-5,7,11-13,15H2,1H3;/q-1;. The molecule has 2 nitrogen and oxygen atoms in total. The van der Waals surface area contributed by atoms with Gasteiger partial charge >= 0.3 is 0 Å². The van der Waals surface area contributed by atoms with Gasteiger partial charge in [0.25, 0.3) is 0 Å². The second-order valence-corrected chi connectivity index (χ2v) is 6.93. The summed E-state index contributed by atoms with van der Waals surface area (Å²) in [7, 11) is 0. The van der Waals surface area contributed by atoms with Crippen molar-refractivity contribution < 1.29 is 32.7 Å². The van der Waals surface area contributed by atoms with Crippen molar-refractivity contribution in [3.8, 4) is 0 Å². The van der Waals surface area contributed by atoms with Crippen molar-refractivity contribution in [2.24, 2.45) is 0 Å². The first kappa shape index (κ1) is 18.1. The summed E-state index contributed by atoms with van der Waals surface area (Å²) in [6.07, 6.45) is 6.12. The quantitative estimate of drug-likeness (QED) is 0.686. The van der Waals surface area contributed by atoms with Crippen LogP contribution >= 0.6 is 0 Å². The fourth-order valence-corrected chi connectivity index (χ4v) is 3.94. The second kappa shape index (κ2) is 8.12. The number of hydrogen-bond acceptors (Lipinski definition) is 1. The van der Waals surface area contributed by atoms with Crippen molar-refractivity contribution >= 4 is 11.4 Å². The van der Waals surface area contributed by atoms with Crippen LogP contribution in [-0.2, 0) is 39.1 Å². The maximum Gasteiger partial charge on any atom is 0.0449 e. The number of rotatable bonds is 3. The molecule has 2 aromatic carbocycles. The van der Waals surface area contributed by atoms with E-state index in [-0.39, 0.29) is 32.7 Å². The Hall–Kier alpha value is -0.696. The smallest absolute Gasteiger partial charge is 0.0449 e. The molecule has 0 amide bonds. The van der Waals surface area contributed by atoms with Gasteiger partial charge in [0.05, 0.1) is 0 Å². The fourth-order valence-electron chi connectivity index (χ4n) is 3.94. The zero-order chi connectivity index (χ0) is 15.6. The third-order valence-corrected chi connectivity index (χ3v) is 5.21. The first-order valence-corrected chi connectivity index (χ1v) is 8.93. The van der Waals surface area contributed by atoms with E-state index in [9.17, 15) is 0 Å². The summed E-state index contributed by atoms with van der Waals surface area (Å²) in [5.41, 5.74) is 7.04. The Labute approximate surface area is 170 Å². The summed E-state index contributed by atoms with van der Waals surface area (Å²) in [6, 6.07) is 16.3. The average molecular weight is 394 g/mol. The Kier molecular flexibility index (Phi) is 6.13. The van der Waals surface area contributed by atoms with Crippen molar-refractivity contribution in [2.45, 2.75) is 45.1 Å². The molecule has 2 aliphatic heterocycles. The minimum atomic E-state index is 0. The maximum absolute atomic E-state index is 4.82. The molecule has 123 valence electrons. The molecule has 1 saturated heterocycles. The van der Waals surface area contributed by atoms with Gasteiger partial charge < -0.3 is 10.2 Å². The van der Waals surface area contributed by atoms with Crippen LogP contribution in [0.15, 0.2) is 42.5 Å². The number of piperidine rings is 1. The van der Waals surface area contributed by atoms with Gasteiger partial charge in [0.1, 0.15) is 0 Å². The van der Waals surface area contributed by atoms with E-state index < -0.39 is 0 Å². The molecule has 0 spiro atoms. The number of hydrogen-bond donors (Lipinski definition) is 0. The van der Waals surface area contributed by atoms with Crippen LogP contribution < -0.4 is 4.90 Å². The van der Waals surface area contributed by atoms with Gasteiger partial charge in [-0.2, -0.15) is 0 Å². The number of nitrogens with zero attached hydrogens (tertiary/aromatic N) is 2. The maximum atomic E-state index is 4.82. The molecular formula is C21H25N2Y-. The number of anilines is 2. The molecule has 0 aromatic heterocycles. The molecule has 0 aliphatic carbocycles. The Morgan fingerprint density at radius 3 is 2.71 bits per heavy atom. The molecule has 0 N–H and O–H groups in total. The molecule has 2 aliphatic rings. The number of fused-ring (bicyclic) bond motifs is 2. The largest absolute Gasteiger partial charge is 0.659 e. The Morgan fingerprint density at radius 1 is 1.04 bits per heavy atom. The van der Waals surface area contributed by atoms with Crippen LogP contribution in [0.2, 0.25) is 0 Å². The van der Waals surface area contributed by atoms with Gasteiger partial charge in [0.2, 0.25) is 0 Å². The second-order valence-electron chi connectivity index (χ2n) is 6.93. The molecular weight excluding hydrogens is 369 g/mol. The van der Waals surface area contributed by atoms with Gasteiger partial charge in [-0.3, -0.25) is 0 Å². The van der Waals surface area contributed by atoms with Gasteiger partial charge in [-0.1, -0.05) is 56.0 Å². The van der Waals surface area contributed by atoms with E-state index in [1.807, 2.05) is 0 Å². The van der Waals surface area contributed by atoms with E-state index >= 15 is 0 Å². The van der Waals surface area contributed by atoms with E-state index in [2.05, 4.69) is 54.3 Å². The van der Waals surface area contributed by atoms with Crippen molar-refractivity contribution in [3.05, 3.63) is 64.5 Å². The molecule has 4 rings (SSSR count). The molecule has 1 unspecified atom stereocenters. The molecule has 1 atom stereocenters. The van der Waals surface area contributed by atoms with Crippen molar-refractivity contribution in [2.75, 3.05) is 18.0 Å². The van der Waals surface area contributed by atoms with Crippen molar-refractivity contribution in [1.29, 1.82) is 0 Å². The molecule has 24 heavy (non-hydrogen) atoms. The summed E-state index contributed by atoms with van der Waals surface area (Å²) < 4.78 is 0. The molecule has 1 radical (unpaired) electrons. The van der Waals surface area contributed by atoms with E-state index in [4.69, 9.17) is 5.32 Å². The molecule has 1 fully saturated rings. The third-order valence-electron chi connectivity index (χ3n) is 5.21. The summed E-state index contributed by atoms with van der Waals surface area (Å²) in [5, 5.41) is 4.82. The van der Waals surface area contributed by atoms with E-state index in [0.29, 0.717) is 6.04 Å². The van der Waals surface area contributed by atoms with Crippen LogP contribution in [0.25, 0.3) is 5.32 Å². The topological polar surface area (TPSA) is 17.3 Å². The average Bonchev–Trinajstić information content (AvgIpc) is 2.60. The van der Waals surface area contributed by atoms with Crippen molar-refractivity contribution in [1.82, 2.24) is 0 Å². The Bertz CT molecular complexity index is 692. The number of para-hydroxylation sites is 1. The van der Waals surface area contributed by atoms with Gasteiger partial charge in [-0.15, -0.1) is 12.6 Å². The first-order chi connectivity index (χ1) is 11.3. The van der Waals surface area contributed by atoms with Crippen LogP contribution in [0.3, 0.4) is 0 Å². The minimum Gasteiger partial charge on any atom is -0.659 e. The summed E-state index contributed by atoms with van der Waals surface area (Å²) in [4.78, 5) is 2.53. The van der Waals surface area contributed by atoms with Gasteiger partial charge in [-0.25, -0.2) is 0 Å². The van der Waals surface area contributed by atoms with Gasteiger partial charge in [0.15, 0.2) is 0 Å². The van der Waals surface area contributed by atoms with Crippen LogP contribution in [0.5, 0.6) is 0 Å². The van der Waals surface area contributed by atoms with Crippen molar-refractivity contribution in [3.63, 3.8) is 0 Å². The number of benzene rings is 2. The molecule has 2 heterocycles. The van der Waals surface area contributed by atoms with Gasteiger partial charge in [-0.05, 0) is 35.7 Å². The van der Waals surface area contributed by atoms with Crippen LogP contribution in [-0.4, -0.2) is 19.1 Å². The van der Waals surface area contributed by atoms with Crippen LogP contribution in [0, 0.1) is 6.92 Å². The van der Waals surface area contributed by atoms with Crippen LogP contribution in [0.4, 0.5) is 11.4 Å². The predicted octanol–water partition coefficient (Wildman–Crippen LogP) is 5.35. The molecule has 3 heteroatoms. The van der Waals surface area contributed by atoms with Gasteiger partial charge in [0, 0.05) is 57.0 Å². The third kappa shape index (κ3) is 3.76. The first-order valence-electron chi connectivity index (χ1n) is 8.93. The minimum absolute atomic E-state index is 0. The van der Waals surface area contributed by atoms with E-state index in [0.717, 1.165) is 19.5 Å². The summed E-state index contributed by atoms with van der Waals surface area (Å²) >= 11 is 0.